The monoisotopic (exact) mass is 361 g/mol. The van der Waals surface area contributed by atoms with Crippen molar-refractivity contribution in [2.45, 2.75) is 51.8 Å². The van der Waals surface area contributed by atoms with Gasteiger partial charge in [-0.15, -0.1) is 0 Å². The van der Waals surface area contributed by atoms with Gasteiger partial charge in [-0.2, -0.15) is 0 Å². The third-order valence-corrected chi connectivity index (χ3v) is 5.33. The van der Waals surface area contributed by atoms with Crippen molar-refractivity contribution in [1.29, 1.82) is 0 Å². The molecule has 0 saturated carbocycles. The van der Waals surface area contributed by atoms with Crippen molar-refractivity contribution >= 4 is 11.7 Å². The average Bonchev–Trinajstić information content (AvgIpc) is 3.15. The van der Waals surface area contributed by atoms with E-state index in [1.54, 1.807) is 0 Å². The van der Waals surface area contributed by atoms with Gasteiger partial charge in [0.15, 0.2) is 0 Å². The van der Waals surface area contributed by atoms with Gasteiger partial charge in [0.2, 0.25) is 0 Å². The summed E-state index contributed by atoms with van der Waals surface area (Å²) in [4.78, 5) is 17.1. The normalized spacial score (nSPS) is 26.7. The zero-order valence-corrected chi connectivity index (χ0v) is 16.1. The van der Waals surface area contributed by atoms with Crippen LogP contribution in [0.25, 0.3) is 0 Å². The molecule has 0 radical (unpaired) electrons. The zero-order valence-electron chi connectivity index (χ0n) is 16.1. The van der Waals surface area contributed by atoms with Gasteiger partial charge in [0, 0.05) is 43.5 Å². The molecule has 3 rings (SSSR count). The Bertz CT molecular complexity index is 604. The Morgan fingerprint density at radius 3 is 2.88 bits per heavy atom. The number of ether oxygens (including phenoxy) is 2. The first-order chi connectivity index (χ1) is 12.6. The van der Waals surface area contributed by atoms with Crippen LogP contribution >= 0.6 is 0 Å². The Kier molecular flexibility index (Phi) is 6.38. The van der Waals surface area contributed by atoms with E-state index in [0.29, 0.717) is 12.6 Å². The van der Waals surface area contributed by atoms with Crippen LogP contribution in [-0.2, 0) is 4.74 Å². The molecule has 2 heterocycles. The summed E-state index contributed by atoms with van der Waals surface area (Å²) in [7, 11) is 0. The lowest BCUT2D eigenvalue weighted by molar-refractivity contribution is 0.0679. The van der Waals surface area contributed by atoms with E-state index < -0.39 is 0 Å². The summed E-state index contributed by atoms with van der Waals surface area (Å²) in [5.41, 5.74) is 0.762. The van der Waals surface area contributed by atoms with Crippen molar-refractivity contribution in [2.75, 3.05) is 38.2 Å². The van der Waals surface area contributed by atoms with E-state index in [2.05, 4.69) is 31.0 Å². The molecule has 2 amide bonds. The molecule has 2 saturated heterocycles. The van der Waals surface area contributed by atoms with Crippen LogP contribution in [0.2, 0.25) is 0 Å². The fourth-order valence-corrected chi connectivity index (χ4v) is 3.75. The number of hydrogen-bond donors (Lipinski definition) is 1. The molecule has 0 aromatic heterocycles. The molecule has 6 heteroatoms. The van der Waals surface area contributed by atoms with Crippen LogP contribution in [0, 0.1) is 0 Å². The number of urea groups is 1. The second-order valence-corrected chi connectivity index (χ2v) is 7.34. The van der Waals surface area contributed by atoms with Crippen molar-refractivity contribution < 1.29 is 14.3 Å². The van der Waals surface area contributed by atoms with Gasteiger partial charge >= 0.3 is 6.03 Å². The van der Waals surface area contributed by atoms with Crippen LogP contribution in [0.15, 0.2) is 24.3 Å². The number of hydrogen-bond acceptors (Lipinski definition) is 4. The van der Waals surface area contributed by atoms with Gasteiger partial charge in [0.25, 0.3) is 0 Å². The first-order valence-electron chi connectivity index (χ1n) is 9.73. The minimum Gasteiger partial charge on any atom is -0.491 e. The van der Waals surface area contributed by atoms with Crippen LogP contribution in [0.3, 0.4) is 0 Å². The molecule has 2 aliphatic rings. The minimum absolute atomic E-state index is 0.0450. The van der Waals surface area contributed by atoms with Crippen molar-refractivity contribution in [1.82, 2.24) is 9.80 Å². The van der Waals surface area contributed by atoms with Gasteiger partial charge in [-0.1, -0.05) is 13.0 Å². The number of likely N-dealkylation sites (N-methyl/N-ethyl adjacent to an activating group) is 1. The lowest BCUT2D eigenvalue weighted by Gasteiger charge is -2.43. The maximum absolute atomic E-state index is 12.7. The minimum atomic E-state index is -0.0450. The van der Waals surface area contributed by atoms with E-state index in [0.717, 1.165) is 50.5 Å². The SMILES string of the molecule is CCN1C[C@H](C)N(C(=O)Nc2cccc(OC[C@@H]3CCCO3)c2)C[C@H]1C. The Morgan fingerprint density at radius 2 is 2.15 bits per heavy atom. The predicted octanol–water partition coefficient (Wildman–Crippen LogP) is 3.19. The van der Waals surface area contributed by atoms with Crippen molar-refractivity contribution in [3.05, 3.63) is 24.3 Å². The van der Waals surface area contributed by atoms with E-state index in [1.165, 1.54) is 0 Å². The molecule has 144 valence electrons. The molecule has 1 N–H and O–H groups in total. The first-order valence-corrected chi connectivity index (χ1v) is 9.73. The number of benzene rings is 1. The number of carbonyl (C=O) groups is 1. The van der Waals surface area contributed by atoms with Crippen molar-refractivity contribution in [2.24, 2.45) is 0 Å². The summed E-state index contributed by atoms with van der Waals surface area (Å²) in [6, 6.07) is 8.12. The summed E-state index contributed by atoms with van der Waals surface area (Å²) in [5, 5.41) is 3.02. The van der Waals surface area contributed by atoms with Gasteiger partial charge in [0.05, 0.1) is 6.10 Å². The molecular formula is C20H31N3O3. The second-order valence-electron chi connectivity index (χ2n) is 7.34. The average molecular weight is 361 g/mol. The molecule has 26 heavy (non-hydrogen) atoms. The molecule has 0 spiro atoms. The molecule has 0 aliphatic carbocycles. The largest absolute Gasteiger partial charge is 0.491 e. The maximum Gasteiger partial charge on any atom is 0.322 e. The van der Waals surface area contributed by atoms with E-state index in [9.17, 15) is 4.79 Å². The fourth-order valence-electron chi connectivity index (χ4n) is 3.75. The number of anilines is 1. The lowest BCUT2D eigenvalue weighted by atomic mass is 10.1. The Labute approximate surface area is 156 Å². The molecule has 2 fully saturated rings. The lowest BCUT2D eigenvalue weighted by Crippen LogP contribution is -2.58. The van der Waals surface area contributed by atoms with E-state index in [4.69, 9.17) is 9.47 Å². The van der Waals surface area contributed by atoms with Gasteiger partial charge in [-0.3, -0.25) is 4.90 Å². The standard InChI is InChI=1S/C20H31N3O3/c1-4-22-12-16(3)23(13-15(22)2)20(24)21-17-7-5-8-18(11-17)26-14-19-9-6-10-25-19/h5,7-8,11,15-16,19H,4,6,9-10,12-14H2,1-3H3,(H,21,24)/t15-,16+,19+/m1/s1. The Balaban J connectivity index is 1.56. The second kappa shape index (κ2) is 8.73. The van der Waals surface area contributed by atoms with E-state index in [-0.39, 0.29) is 18.2 Å². The van der Waals surface area contributed by atoms with E-state index >= 15 is 0 Å². The highest BCUT2D eigenvalue weighted by molar-refractivity contribution is 5.89. The highest BCUT2D eigenvalue weighted by Crippen LogP contribution is 2.21. The quantitative estimate of drug-likeness (QED) is 0.875. The Hall–Kier alpha value is -1.79. The molecule has 0 unspecified atom stereocenters. The number of piperazine rings is 1. The third kappa shape index (κ3) is 4.68. The molecule has 0 bridgehead atoms. The number of carbonyl (C=O) groups excluding carboxylic acids is 1. The maximum atomic E-state index is 12.7. The number of nitrogens with zero attached hydrogens (tertiary/aromatic N) is 2. The summed E-state index contributed by atoms with van der Waals surface area (Å²) < 4.78 is 11.4. The topological polar surface area (TPSA) is 54.0 Å². The van der Waals surface area contributed by atoms with Crippen molar-refractivity contribution in [3.8, 4) is 5.75 Å². The summed E-state index contributed by atoms with van der Waals surface area (Å²) in [6.45, 7) is 10.5. The number of amides is 2. The zero-order chi connectivity index (χ0) is 18.5. The van der Waals surface area contributed by atoms with Crippen molar-refractivity contribution in [3.63, 3.8) is 0 Å². The molecule has 3 atom stereocenters. The molecule has 6 nitrogen and oxygen atoms in total. The first kappa shape index (κ1) is 19.0. The number of rotatable bonds is 5. The predicted molar refractivity (Wildman–Crippen MR) is 103 cm³/mol. The van der Waals surface area contributed by atoms with Crippen LogP contribution in [-0.4, -0.2) is 66.9 Å². The highest BCUT2D eigenvalue weighted by atomic mass is 16.5. The van der Waals surface area contributed by atoms with Gasteiger partial charge < -0.3 is 19.7 Å². The fraction of sp³-hybridized carbons (Fsp3) is 0.650. The molecular weight excluding hydrogens is 330 g/mol. The molecule has 1 aromatic carbocycles. The number of nitrogens with one attached hydrogen (secondary N) is 1. The molecule has 1 aromatic rings. The van der Waals surface area contributed by atoms with E-state index in [1.807, 2.05) is 29.2 Å². The van der Waals surface area contributed by atoms with Gasteiger partial charge in [-0.25, -0.2) is 4.79 Å². The van der Waals surface area contributed by atoms with Crippen LogP contribution in [0.1, 0.15) is 33.6 Å². The third-order valence-electron chi connectivity index (χ3n) is 5.33. The van der Waals surface area contributed by atoms with Crippen LogP contribution in [0.5, 0.6) is 5.75 Å². The Morgan fingerprint density at radius 1 is 1.31 bits per heavy atom. The van der Waals surface area contributed by atoms with Crippen LogP contribution < -0.4 is 10.1 Å². The smallest absolute Gasteiger partial charge is 0.322 e. The summed E-state index contributed by atoms with van der Waals surface area (Å²) in [5.74, 6) is 0.760. The summed E-state index contributed by atoms with van der Waals surface area (Å²) in [6.07, 6.45) is 2.34. The summed E-state index contributed by atoms with van der Waals surface area (Å²) >= 11 is 0. The molecule has 2 aliphatic heterocycles. The van der Waals surface area contributed by atoms with Gasteiger partial charge in [-0.05, 0) is 45.4 Å². The highest BCUT2D eigenvalue weighted by Gasteiger charge is 2.31. The van der Waals surface area contributed by atoms with Crippen LogP contribution in [0.4, 0.5) is 10.5 Å². The van der Waals surface area contributed by atoms with Gasteiger partial charge in [0.1, 0.15) is 12.4 Å².